The second-order valence-electron chi connectivity index (χ2n) is 16.2. The van der Waals surface area contributed by atoms with Gasteiger partial charge in [0.2, 0.25) is 0 Å². The first kappa shape index (κ1) is 45.2. The monoisotopic (exact) mass is 1120 g/mol. The number of hydrogen-bond donors (Lipinski definition) is 1. The van der Waals surface area contributed by atoms with Crippen molar-refractivity contribution >= 4 is 118 Å². The largest absolute Gasteiger partial charge is 0.516 e. The third kappa shape index (κ3) is 10.3. The highest BCUT2D eigenvalue weighted by Gasteiger charge is 2.19. The first-order valence-corrected chi connectivity index (χ1v) is 24.7. The first-order valence-electron chi connectivity index (χ1n) is 22.6. The molecule has 0 unspecified atom stereocenters. The molecule has 10 rings (SSSR count). The van der Waals surface area contributed by atoms with Crippen molar-refractivity contribution in [2.24, 2.45) is 0 Å². The molecule has 69 heavy (non-hydrogen) atoms. The summed E-state index contributed by atoms with van der Waals surface area (Å²) in [6.45, 7) is 0. The number of ether oxygens (including phenoxy) is 1. The smallest absolute Gasteiger partial charge is 0.127 e. The van der Waals surface area contributed by atoms with Crippen LogP contribution in [0.3, 0.4) is 0 Å². The van der Waals surface area contributed by atoms with Crippen LogP contribution in [-0.2, 0) is 0 Å². The molecular formula is C62H45I2N3O2. The molecule has 0 saturated heterocycles. The third-order valence-corrected chi connectivity index (χ3v) is 13.1. The standard InChI is InChI=1S/C62H45I2N3O2/c63-47-15-11-21-55(43-47)65(49-17-3-1-4-18-49)51(23-13-41-68)30-27-45-28-31-53(32-29-45)67(62-42-46-14-7-8-24-59(46)60-25-9-10-26-61(60)62)54-35-39-58(40-36-54)69-57-37-33-52(34-38-57)66(50-19-5-2-6-20-50)56-22-12-16-48(64)44-56/h1-44,68H/b30-27-,41-13+,51-23+. The fourth-order valence-corrected chi connectivity index (χ4v) is 9.70. The summed E-state index contributed by atoms with van der Waals surface area (Å²) >= 11 is 4.71. The minimum Gasteiger partial charge on any atom is -0.516 e. The van der Waals surface area contributed by atoms with Crippen molar-refractivity contribution in [3.05, 3.63) is 279 Å². The molecular weight excluding hydrogens is 1070 g/mol. The summed E-state index contributed by atoms with van der Waals surface area (Å²) in [5.74, 6) is 1.49. The van der Waals surface area contributed by atoms with Crippen molar-refractivity contribution in [2.75, 3.05) is 14.7 Å². The molecule has 0 amide bonds. The number of allylic oxidation sites excluding steroid dienone is 3. The van der Waals surface area contributed by atoms with Crippen LogP contribution in [0.5, 0.6) is 11.5 Å². The van der Waals surface area contributed by atoms with Gasteiger partial charge in [0.1, 0.15) is 11.5 Å². The van der Waals surface area contributed by atoms with Crippen LogP contribution in [0.4, 0.5) is 45.5 Å². The van der Waals surface area contributed by atoms with E-state index in [1.54, 1.807) is 6.08 Å². The van der Waals surface area contributed by atoms with Gasteiger partial charge in [0.05, 0.1) is 11.9 Å². The Labute approximate surface area is 430 Å². The minimum absolute atomic E-state index is 0.738. The number of aliphatic hydroxyl groups excluding tert-OH is 1. The van der Waals surface area contributed by atoms with Gasteiger partial charge in [-0.3, -0.25) is 0 Å². The zero-order chi connectivity index (χ0) is 46.9. The van der Waals surface area contributed by atoms with Crippen LogP contribution in [0.2, 0.25) is 0 Å². The lowest BCUT2D eigenvalue weighted by Crippen LogP contribution is -2.15. The van der Waals surface area contributed by atoms with Crippen LogP contribution >= 0.6 is 45.2 Å². The van der Waals surface area contributed by atoms with E-state index in [-0.39, 0.29) is 0 Å². The van der Waals surface area contributed by atoms with E-state index in [0.29, 0.717) is 0 Å². The lowest BCUT2D eigenvalue weighted by atomic mass is 9.99. The Morgan fingerprint density at radius 3 is 1.54 bits per heavy atom. The Bertz CT molecular complexity index is 3450. The van der Waals surface area contributed by atoms with Gasteiger partial charge in [-0.1, -0.05) is 115 Å². The molecule has 0 aromatic heterocycles. The number of fused-ring (bicyclic) bond motifs is 3. The van der Waals surface area contributed by atoms with E-state index in [0.717, 1.165) is 83.5 Å². The Balaban J connectivity index is 0.979. The predicted octanol–water partition coefficient (Wildman–Crippen LogP) is 18.7. The summed E-state index contributed by atoms with van der Waals surface area (Å²) in [4.78, 5) is 6.77. The van der Waals surface area contributed by atoms with Crippen LogP contribution < -0.4 is 19.4 Å². The van der Waals surface area contributed by atoms with Gasteiger partial charge in [0, 0.05) is 58.0 Å². The van der Waals surface area contributed by atoms with Crippen LogP contribution in [-0.4, -0.2) is 5.11 Å². The molecule has 0 radical (unpaired) electrons. The third-order valence-electron chi connectivity index (χ3n) is 11.8. The molecule has 10 aromatic carbocycles. The number of rotatable bonds is 14. The lowest BCUT2D eigenvalue weighted by Gasteiger charge is -2.28. The van der Waals surface area contributed by atoms with Crippen LogP contribution in [0.15, 0.2) is 267 Å². The highest BCUT2D eigenvalue weighted by atomic mass is 127. The summed E-state index contributed by atoms with van der Waals surface area (Å²) in [7, 11) is 0. The maximum absolute atomic E-state index is 9.76. The molecule has 0 saturated carbocycles. The lowest BCUT2D eigenvalue weighted by molar-refractivity contribution is 0.473. The molecule has 0 bridgehead atoms. The van der Waals surface area contributed by atoms with Gasteiger partial charge in [-0.05, 0) is 213 Å². The fraction of sp³-hybridized carbons (Fsp3) is 0. The van der Waals surface area contributed by atoms with E-state index in [9.17, 15) is 5.11 Å². The fourth-order valence-electron chi connectivity index (χ4n) is 8.65. The van der Waals surface area contributed by atoms with Gasteiger partial charge in [-0.15, -0.1) is 0 Å². The van der Waals surface area contributed by atoms with Crippen molar-refractivity contribution in [1.82, 2.24) is 0 Å². The molecule has 0 fully saturated rings. The highest BCUT2D eigenvalue weighted by Crippen LogP contribution is 2.43. The van der Waals surface area contributed by atoms with Gasteiger partial charge < -0.3 is 24.5 Å². The molecule has 0 spiro atoms. The van der Waals surface area contributed by atoms with Crippen molar-refractivity contribution in [3.63, 3.8) is 0 Å². The number of hydrogen-bond acceptors (Lipinski definition) is 5. The van der Waals surface area contributed by atoms with E-state index in [4.69, 9.17) is 4.74 Å². The SMILES string of the molecule is O/C=C/C=C(\C=C/c1ccc(N(c2ccc(Oc3ccc(N(c4ccccc4)c4cccc(I)c4)cc3)cc2)c2cc3ccccc3c3ccccc23)cc1)N(c1ccccc1)c1cccc(I)c1. The summed E-state index contributed by atoms with van der Waals surface area (Å²) in [5, 5.41) is 14.5. The maximum Gasteiger partial charge on any atom is 0.127 e. The van der Waals surface area contributed by atoms with Crippen molar-refractivity contribution in [1.29, 1.82) is 0 Å². The molecule has 10 aromatic rings. The van der Waals surface area contributed by atoms with Crippen molar-refractivity contribution < 1.29 is 9.84 Å². The Kier molecular flexibility index (Phi) is 13.8. The van der Waals surface area contributed by atoms with E-state index in [1.165, 1.54) is 19.7 Å². The van der Waals surface area contributed by atoms with Gasteiger partial charge in [0.15, 0.2) is 0 Å². The van der Waals surface area contributed by atoms with E-state index < -0.39 is 0 Å². The van der Waals surface area contributed by atoms with E-state index >= 15 is 0 Å². The predicted molar refractivity (Wildman–Crippen MR) is 307 cm³/mol. The molecule has 0 atom stereocenters. The normalized spacial score (nSPS) is 11.7. The molecule has 0 heterocycles. The van der Waals surface area contributed by atoms with Crippen LogP contribution in [0, 0.1) is 7.14 Å². The maximum atomic E-state index is 9.76. The Morgan fingerprint density at radius 1 is 0.420 bits per heavy atom. The second kappa shape index (κ2) is 21.1. The summed E-state index contributed by atoms with van der Waals surface area (Å²) in [6.07, 6.45) is 8.83. The highest BCUT2D eigenvalue weighted by molar-refractivity contribution is 14.1. The number of anilines is 8. The molecule has 334 valence electrons. The average Bonchev–Trinajstić information content (AvgIpc) is 3.39. The quantitative estimate of drug-likeness (QED) is 0.0508. The topological polar surface area (TPSA) is 39.2 Å². The second-order valence-corrected chi connectivity index (χ2v) is 18.7. The van der Waals surface area contributed by atoms with E-state index in [2.05, 4.69) is 260 Å². The molecule has 7 heteroatoms. The zero-order valence-electron chi connectivity index (χ0n) is 37.4. The van der Waals surface area contributed by atoms with Gasteiger partial charge in [-0.2, -0.15) is 0 Å². The number of halogens is 2. The number of para-hydroxylation sites is 2. The van der Waals surface area contributed by atoms with Crippen molar-refractivity contribution in [3.8, 4) is 11.5 Å². The minimum atomic E-state index is 0.738. The summed E-state index contributed by atoms with van der Waals surface area (Å²) in [5.41, 5.74) is 10.2. The van der Waals surface area contributed by atoms with Gasteiger partial charge >= 0.3 is 0 Å². The molecule has 1 N–H and O–H groups in total. The van der Waals surface area contributed by atoms with E-state index in [1.807, 2.05) is 54.6 Å². The number of aliphatic hydroxyl groups is 1. The number of benzene rings is 10. The molecule has 0 aliphatic rings. The van der Waals surface area contributed by atoms with Gasteiger partial charge in [-0.25, -0.2) is 0 Å². The zero-order valence-corrected chi connectivity index (χ0v) is 41.7. The summed E-state index contributed by atoms with van der Waals surface area (Å²) in [6, 6.07) is 82.4. The number of nitrogens with zero attached hydrogens (tertiary/aromatic N) is 3. The first-order chi connectivity index (χ1) is 34.0. The van der Waals surface area contributed by atoms with Crippen LogP contribution in [0.25, 0.3) is 27.6 Å². The Morgan fingerprint density at radius 2 is 0.913 bits per heavy atom. The summed E-state index contributed by atoms with van der Waals surface area (Å²) < 4.78 is 8.81. The molecule has 5 nitrogen and oxygen atoms in total. The van der Waals surface area contributed by atoms with Crippen molar-refractivity contribution in [2.45, 2.75) is 0 Å². The Hall–Kier alpha value is -7.60. The molecule has 0 aliphatic heterocycles. The van der Waals surface area contributed by atoms with Gasteiger partial charge in [0.25, 0.3) is 0 Å². The molecule has 0 aliphatic carbocycles. The van der Waals surface area contributed by atoms with Crippen LogP contribution in [0.1, 0.15) is 5.56 Å². The average molecular weight is 1120 g/mol.